The molecular formula is C29H37ClN4O4S2Si. The van der Waals surface area contributed by atoms with Crippen LogP contribution in [-0.2, 0) is 19.2 Å². The minimum absolute atomic E-state index is 0.0429. The van der Waals surface area contributed by atoms with Crippen LogP contribution in [0.4, 0.5) is 0 Å². The summed E-state index contributed by atoms with van der Waals surface area (Å²) in [6.45, 7) is 11.0. The number of nitrogens with zero attached hydrogens (tertiary/aromatic N) is 4. The molecule has 1 aliphatic carbocycles. The van der Waals surface area contributed by atoms with Crippen molar-refractivity contribution in [3.8, 4) is 0 Å². The number of rotatable bonds is 7. The van der Waals surface area contributed by atoms with Gasteiger partial charge in [-0.15, -0.1) is 0 Å². The molecule has 3 heterocycles. The molecule has 1 aliphatic heterocycles. The monoisotopic (exact) mass is 632 g/mol. The first kappa shape index (κ1) is 30.3. The highest BCUT2D eigenvalue weighted by molar-refractivity contribution is 7.89. The molecule has 0 spiro atoms. The van der Waals surface area contributed by atoms with Gasteiger partial charge in [0, 0.05) is 42.7 Å². The highest BCUT2D eigenvalue weighted by Crippen LogP contribution is 2.56. The van der Waals surface area contributed by atoms with Crippen LogP contribution in [0.5, 0.6) is 0 Å². The minimum atomic E-state index is -3.98. The maximum atomic E-state index is 14.6. The van der Waals surface area contributed by atoms with Gasteiger partial charge in [0.25, 0.3) is 5.17 Å². The van der Waals surface area contributed by atoms with Crippen LogP contribution in [0, 0.1) is 0 Å². The number of hydrogen-bond donors (Lipinski definition) is 0. The first-order valence-electron chi connectivity index (χ1n) is 13.8. The van der Waals surface area contributed by atoms with Crippen molar-refractivity contribution in [2.75, 3.05) is 0 Å². The van der Waals surface area contributed by atoms with E-state index >= 15 is 0 Å². The zero-order valence-corrected chi connectivity index (χ0v) is 27.4. The SMILES string of the molecule is CC(C)(C)[Si](C)(C)OC1(C2CC(OC(=S)n3ccnc3)CC(c3cccnc3)N2S(=O)(=O)c2ccc(Cl)cc2)CC1. The fourth-order valence-electron chi connectivity index (χ4n) is 5.34. The second kappa shape index (κ2) is 11.2. The van der Waals surface area contributed by atoms with E-state index in [9.17, 15) is 8.42 Å². The molecule has 2 aromatic heterocycles. The van der Waals surface area contributed by atoms with Crippen molar-refractivity contribution >= 4 is 47.3 Å². The molecule has 0 radical (unpaired) electrons. The number of sulfonamides is 1. The van der Waals surface area contributed by atoms with Crippen LogP contribution in [0.25, 0.3) is 0 Å². The Balaban J connectivity index is 1.61. The van der Waals surface area contributed by atoms with Crippen molar-refractivity contribution < 1.29 is 17.6 Å². The Kier molecular flexibility index (Phi) is 8.25. The Hall–Kier alpha value is -2.15. The molecule has 1 aromatic carbocycles. The molecule has 2 aliphatic rings. The van der Waals surface area contributed by atoms with Gasteiger partial charge in [-0.05, 0) is 79.1 Å². The van der Waals surface area contributed by atoms with E-state index in [1.807, 2.05) is 12.1 Å². The summed E-state index contributed by atoms with van der Waals surface area (Å²) in [4.78, 5) is 8.62. The summed E-state index contributed by atoms with van der Waals surface area (Å²) >= 11 is 11.7. The molecule has 8 nitrogen and oxygen atoms in total. The van der Waals surface area contributed by atoms with E-state index in [1.54, 1.807) is 64.3 Å². The zero-order chi connectivity index (χ0) is 29.6. The van der Waals surface area contributed by atoms with Crippen molar-refractivity contribution in [2.24, 2.45) is 0 Å². The number of benzene rings is 1. The molecule has 3 atom stereocenters. The number of pyridine rings is 1. The number of halogens is 1. The average molecular weight is 633 g/mol. The molecular weight excluding hydrogens is 596 g/mol. The highest BCUT2D eigenvalue weighted by Gasteiger charge is 2.62. The van der Waals surface area contributed by atoms with Gasteiger partial charge in [0.05, 0.1) is 22.6 Å². The number of piperidine rings is 1. The van der Waals surface area contributed by atoms with Crippen LogP contribution in [-0.4, -0.2) is 58.5 Å². The number of hydrogen-bond acceptors (Lipinski definition) is 7. The van der Waals surface area contributed by atoms with Gasteiger partial charge in [0.2, 0.25) is 10.0 Å². The standard InChI is InChI=1S/C29H37ClN4O4S2Si/c1-28(2,3)41(4,5)38-29(12-13-29)26-18-23(37-27(39)33-16-15-32-20-33)17-25(21-7-6-14-31-19-21)34(26)40(35,36)24-10-8-22(30)9-11-24/h6-11,14-16,19-20,23,25-26H,12-13,17-18H2,1-5H3. The van der Waals surface area contributed by atoms with Crippen molar-refractivity contribution in [1.82, 2.24) is 18.8 Å². The van der Waals surface area contributed by atoms with Crippen LogP contribution in [0.2, 0.25) is 23.2 Å². The maximum absolute atomic E-state index is 14.6. The molecule has 0 N–H and O–H groups in total. The Morgan fingerprint density at radius 3 is 2.37 bits per heavy atom. The lowest BCUT2D eigenvalue weighted by Gasteiger charge is -2.50. The quantitative estimate of drug-likeness (QED) is 0.214. The van der Waals surface area contributed by atoms with Gasteiger partial charge in [-0.2, -0.15) is 4.31 Å². The molecule has 3 aromatic rings. The van der Waals surface area contributed by atoms with Crippen LogP contribution >= 0.6 is 23.8 Å². The second-order valence-electron chi connectivity index (χ2n) is 12.5. The van der Waals surface area contributed by atoms with Gasteiger partial charge in [-0.3, -0.25) is 9.55 Å². The van der Waals surface area contributed by atoms with E-state index in [2.05, 4.69) is 43.8 Å². The van der Waals surface area contributed by atoms with Crippen LogP contribution in [0.1, 0.15) is 58.1 Å². The molecule has 0 bridgehead atoms. The highest BCUT2D eigenvalue weighted by atomic mass is 35.5. The maximum Gasteiger partial charge on any atom is 0.269 e. The predicted octanol–water partition coefficient (Wildman–Crippen LogP) is 6.60. The smallest absolute Gasteiger partial charge is 0.269 e. The average Bonchev–Trinajstić information content (AvgIpc) is 3.46. The van der Waals surface area contributed by atoms with Crippen LogP contribution in [0.15, 0.2) is 72.4 Å². The fraction of sp³-hybridized carbons (Fsp3) is 0.483. The fourth-order valence-corrected chi connectivity index (χ4v) is 9.25. The first-order chi connectivity index (χ1) is 19.2. The second-order valence-corrected chi connectivity index (χ2v) is 19.8. The van der Waals surface area contributed by atoms with Crippen LogP contribution < -0.4 is 0 Å². The summed E-state index contributed by atoms with van der Waals surface area (Å²) in [7, 11) is -6.24. The molecule has 5 rings (SSSR count). The Bertz CT molecular complexity index is 1480. The normalized spacial score (nSPS) is 23.2. The Morgan fingerprint density at radius 2 is 1.80 bits per heavy atom. The van der Waals surface area contributed by atoms with Gasteiger partial charge < -0.3 is 9.16 Å². The first-order valence-corrected chi connectivity index (χ1v) is 19.0. The predicted molar refractivity (Wildman–Crippen MR) is 166 cm³/mol. The lowest BCUT2D eigenvalue weighted by molar-refractivity contribution is -0.0128. The molecule has 41 heavy (non-hydrogen) atoms. The number of aromatic nitrogens is 3. The van der Waals surface area contributed by atoms with Crippen molar-refractivity contribution in [3.05, 3.63) is 78.1 Å². The Morgan fingerprint density at radius 1 is 1.10 bits per heavy atom. The largest absolute Gasteiger partial charge is 0.467 e. The molecule has 1 saturated heterocycles. The minimum Gasteiger partial charge on any atom is -0.467 e. The van der Waals surface area contributed by atoms with E-state index in [0.29, 0.717) is 17.9 Å². The molecule has 3 unspecified atom stereocenters. The number of thiocarbonyl (C=S) groups is 1. The molecule has 0 amide bonds. The number of ether oxygens (including phenoxy) is 1. The zero-order valence-electron chi connectivity index (χ0n) is 24.0. The van der Waals surface area contributed by atoms with Crippen molar-refractivity contribution in [2.45, 2.75) is 93.3 Å². The van der Waals surface area contributed by atoms with Gasteiger partial charge >= 0.3 is 0 Å². The third-order valence-electron chi connectivity index (χ3n) is 8.64. The van der Waals surface area contributed by atoms with Crippen molar-refractivity contribution in [1.29, 1.82) is 0 Å². The summed E-state index contributed by atoms with van der Waals surface area (Å²) in [6, 6.07) is 9.09. The van der Waals surface area contributed by atoms with Gasteiger partial charge in [0.1, 0.15) is 12.4 Å². The Labute approximate surface area is 254 Å². The van der Waals surface area contributed by atoms with Gasteiger partial charge in [-0.1, -0.05) is 38.4 Å². The summed E-state index contributed by atoms with van der Waals surface area (Å²) < 4.78 is 46.0. The third-order valence-corrected chi connectivity index (χ3v) is 15.7. The molecule has 2 fully saturated rings. The van der Waals surface area contributed by atoms with E-state index in [0.717, 1.165) is 18.4 Å². The van der Waals surface area contributed by atoms with Crippen molar-refractivity contribution in [3.63, 3.8) is 0 Å². The summed E-state index contributed by atoms with van der Waals surface area (Å²) in [5, 5.41) is 0.711. The van der Waals surface area contributed by atoms with E-state index in [-0.39, 0.29) is 21.2 Å². The summed E-state index contributed by atoms with van der Waals surface area (Å²) in [5.41, 5.74) is 0.168. The summed E-state index contributed by atoms with van der Waals surface area (Å²) in [6.07, 6.45) is 10.4. The lowest BCUT2D eigenvalue weighted by atomic mass is 9.88. The van der Waals surface area contributed by atoms with Gasteiger partial charge in [-0.25, -0.2) is 13.4 Å². The molecule has 1 saturated carbocycles. The van der Waals surface area contributed by atoms with E-state index in [1.165, 1.54) is 0 Å². The van der Waals surface area contributed by atoms with Gasteiger partial charge in [0.15, 0.2) is 8.32 Å². The van der Waals surface area contributed by atoms with E-state index in [4.69, 9.17) is 33.0 Å². The molecule has 220 valence electrons. The molecule has 12 heteroatoms. The number of imidazole rings is 1. The van der Waals surface area contributed by atoms with Crippen LogP contribution in [0.3, 0.4) is 0 Å². The summed E-state index contributed by atoms with van der Waals surface area (Å²) in [5.74, 6) is 0. The van der Waals surface area contributed by atoms with E-state index < -0.39 is 36.0 Å². The lowest BCUT2D eigenvalue weighted by Crippen LogP contribution is -2.59. The topological polar surface area (TPSA) is 86.6 Å². The third kappa shape index (κ3) is 6.16.